The van der Waals surface area contributed by atoms with Crippen LogP contribution < -0.4 is 0 Å². The highest BCUT2D eigenvalue weighted by atomic mass is 16.5. The summed E-state index contributed by atoms with van der Waals surface area (Å²) in [5, 5.41) is 0. The Balaban J connectivity index is 2.42. The molecule has 0 aromatic rings. The summed E-state index contributed by atoms with van der Waals surface area (Å²) in [6.07, 6.45) is 3.37. The van der Waals surface area contributed by atoms with Crippen LogP contribution in [-0.4, -0.2) is 18.5 Å². The molecule has 1 aliphatic heterocycles. The first-order valence-electron chi connectivity index (χ1n) is 3.83. The van der Waals surface area contributed by atoms with Crippen molar-refractivity contribution in [3.05, 3.63) is 0 Å². The minimum absolute atomic E-state index is 0.235. The Hall–Kier alpha value is -0.370. The molecule has 0 saturated carbocycles. The topological polar surface area (TPSA) is 26.3 Å². The third kappa shape index (κ3) is 1.81. The predicted octanol–water partition coefficient (Wildman–Crippen LogP) is 1.39. The molecule has 3 atom stereocenters. The SMILES string of the molecule is C[C@@H]1CC(C=O)C[C@H](C)O1. The molecule has 2 heteroatoms. The first-order chi connectivity index (χ1) is 4.72. The summed E-state index contributed by atoms with van der Waals surface area (Å²) >= 11 is 0. The summed E-state index contributed by atoms with van der Waals surface area (Å²) in [4.78, 5) is 10.4. The first kappa shape index (κ1) is 7.73. The molecule has 1 unspecified atom stereocenters. The third-order valence-corrected chi connectivity index (χ3v) is 1.93. The molecule has 1 rings (SSSR count). The first-order valence-corrected chi connectivity index (χ1v) is 3.83. The van der Waals surface area contributed by atoms with Gasteiger partial charge in [-0.1, -0.05) is 0 Å². The van der Waals surface area contributed by atoms with Gasteiger partial charge in [-0.05, 0) is 26.7 Å². The van der Waals surface area contributed by atoms with Crippen LogP contribution in [0.4, 0.5) is 0 Å². The van der Waals surface area contributed by atoms with E-state index < -0.39 is 0 Å². The summed E-state index contributed by atoms with van der Waals surface area (Å²) in [5.74, 6) is 0.235. The summed E-state index contributed by atoms with van der Waals surface area (Å²) < 4.78 is 5.46. The highest BCUT2D eigenvalue weighted by Gasteiger charge is 2.23. The molecule has 0 spiro atoms. The van der Waals surface area contributed by atoms with Crippen LogP contribution in [0.3, 0.4) is 0 Å². The molecular formula is C8H14O2. The predicted molar refractivity (Wildman–Crippen MR) is 38.8 cm³/mol. The van der Waals surface area contributed by atoms with Crippen molar-refractivity contribution in [3.8, 4) is 0 Å². The smallest absolute Gasteiger partial charge is 0.123 e. The van der Waals surface area contributed by atoms with Gasteiger partial charge in [0, 0.05) is 5.92 Å². The molecule has 0 aromatic heterocycles. The van der Waals surface area contributed by atoms with E-state index in [9.17, 15) is 4.79 Å². The molecule has 58 valence electrons. The molecule has 0 aromatic carbocycles. The van der Waals surface area contributed by atoms with Crippen LogP contribution in [0.2, 0.25) is 0 Å². The Kier molecular flexibility index (Phi) is 2.44. The molecule has 0 amide bonds. The Labute approximate surface area is 61.6 Å². The Morgan fingerprint density at radius 3 is 2.20 bits per heavy atom. The molecule has 1 aliphatic rings. The molecule has 0 radical (unpaired) electrons. The highest BCUT2D eigenvalue weighted by Crippen LogP contribution is 2.22. The number of aldehydes is 1. The van der Waals surface area contributed by atoms with Gasteiger partial charge in [0.25, 0.3) is 0 Å². The van der Waals surface area contributed by atoms with Gasteiger partial charge < -0.3 is 9.53 Å². The minimum atomic E-state index is 0.235. The van der Waals surface area contributed by atoms with Gasteiger partial charge in [0.2, 0.25) is 0 Å². The fourth-order valence-electron chi connectivity index (χ4n) is 1.57. The number of rotatable bonds is 1. The van der Waals surface area contributed by atoms with Crippen LogP contribution in [0.25, 0.3) is 0 Å². The molecule has 10 heavy (non-hydrogen) atoms. The van der Waals surface area contributed by atoms with Gasteiger partial charge in [0.1, 0.15) is 6.29 Å². The maximum Gasteiger partial charge on any atom is 0.123 e. The standard InChI is InChI=1S/C8H14O2/c1-6-3-8(5-9)4-7(2)10-6/h5-8H,3-4H2,1-2H3/t6-,7+,8?. The normalized spacial score (nSPS) is 41.2. The van der Waals surface area contributed by atoms with Crippen molar-refractivity contribution < 1.29 is 9.53 Å². The summed E-state index contributed by atoms with van der Waals surface area (Å²) in [7, 11) is 0. The molecule has 1 heterocycles. The third-order valence-electron chi connectivity index (χ3n) is 1.93. The lowest BCUT2D eigenvalue weighted by Crippen LogP contribution is -2.29. The van der Waals surface area contributed by atoms with E-state index in [4.69, 9.17) is 4.74 Å². The number of carbonyl (C=O) groups excluding carboxylic acids is 1. The van der Waals surface area contributed by atoms with Gasteiger partial charge in [-0.3, -0.25) is 0 Å². The van der Waals surface area contributed by atoms with Crippen molar-refractivity contribution in [1.82, 2.24) is 0 Å². The van der Waals surface area contributed by atoms with E-state index in [1.807, 2.05) is 13.8 Å². The van der Waals surface area contributed by atoms with E-state index in [0.717, 1.165) is 19.1 Å². The second kappa shape index (κ2) is 3.15. The van der Waals surface area contributed by atoms with Gasteiger partial charge in [-0.2, -0.15) is 0 Å². The van der Waals surface area contributed by atoms with E-state index in [-0.39, 0.29) is 18.1 Å². The molecule has 1 fully saturated rings. The molecule has 0 bridgehead atoms. The fourth-order valence-corrected chi connectivity index (χ4v) is 1.57. The van der Waals surface area contributed by atoms with Crippen LogP contribution >= 0.6 is 0 Å². The van der Waals surface area contributed by atoms with Crippen molar-refractivity contribution in [2.24, 2.45) is 5.92 Å². The maximum atomic E-state index is 10.4. The summed E-state index contributed by atoms with van der Waals surface area (Å²) in [6.45, 7) is 4.04. The zero-order valence-electron chi connectivity index (χ0n) is 6.54. The maximum absolute atomic E-state index is 10.4. The van der Waals surface area contributed by atoms with Crippen LogP contribution in [0.15, 0.2) is 0 Å². The molecule has 2 nitrogen and oxygen atoms in total. The zero-order valence-corrected chi connectivity index (χ0v) is 6.54. The zero-order chi connectivity index (χ0) is 7.56. The molecule has 0 aliphatic carbocycles. The number of hydrogen-bond donors (Lipinski definition) is 0. The van der Waals surface area contributed by atoms with Crippen LogP contribution in [0, 0.1) is 5.92 Å². The summed E-state index contributed by atoms with van der Waals surface area (Å²) in [6, 6.07) is 0. The lowest BCUT2D eigenvalue weighted by molar-refractivity contribution is -0.119. The molecule has 0 N–H and O–H groups in total. The van der Waals surface area contributed by atoms with Gasteiger partial charge in [-0.25, -0.2) is 0 Å². The minimum Gasteiger partial charge on any atom is -0.376 e. The monoisotopic (exact) mass is 142 g/mol. The number of hydrogen-bond acceptors (Lipinski definition) is 2. The Morgan fingerprint density at radius 1 is 1.30 bits per heavy atom. The second-order valence-corrected chi connectivity index (χ2v) is 3.12. The van der Waals surface area contributed by atoms with E-state index in [1.54, 1.807) is 0 Å². The lowest BCUT2D eigenvalue weighted by Gasteiger charge is -2.28. The van der Waals surface area contributed by atoms with Crippen molar-refractivity contribution in [1.29, 1.82) is 0 Å². The fraction of sp³-hybridized carbons (Fsp3) is 0.875. The van der Waals surface area contributed by atoms with Gasteiger partial charge in [-0.15, -0.1) is 0 Å². The Bertz CT molecular complexity index is 112. The van der Waals surface area contributed by atoms with Crippen molar-refractivity contribution in [2.75, 3.05) is 0 Å². The van der Waals surface area contributed by atoms with Crippen LogP contribution in [0.5, 0.6) is 0 Å². The van der Waals surface area contributed by atoms with E-state index in [2.05, 4.69) is 0 Å². The van der Waals surface area contributed by atoms with Gasteiger partial charge >= 0.3 is 0 Å². The van der Waals surface area contributed by atoms with E-state index >= 15 is 0 Å². The molecular weight excluding hydrogens is 128 g/mol. The van der Waals surface area contributed by atoms with Gasteiger partial charge in [0.15, 0.2) is 0 Å². The van der Waals surface area contributed by atoms with Crippen molar-refractivity contribution >= 4 is 6.29 Å². The van der Waals surface area contributed by atoms with Crippen LogP contribution in [0.1, 0.15) is 26.7 Å². The second-order valence-electron chi connectivity index (χ2n) is 3.12. The highest BCUT2D eigenvalue weighted by molar-refractivity contribution is 5.53. The number of ether oxygens (including phenoxy) is 1. The van der Waals surface area contributed by atoms with Crippen LogP contribution in [-0.2, 0) is 9.53 Å². The molecule has 1 saturated heterocycles. The van der Waals surface area contributed by atoms with Gasteiger partial charge in [0.05, 0.1) is 12.2 Å². The Morgan fingerprint density at radius 2 is 1.80 bits per heavy atom. The quantitative estimate of drug-likeness (QED) is 0.517. The van der Waals surface area contributed by atoms with Crippen molar-refractivity contribution in [2.45, 2.75) is 38.9 Å². The lowest BCUT2D eigenvalue weighted by atomic mass is 9.94. The number of carbonyl (C=O) groups is 1. The van der Waals surface area contributed by atoms with E-state index in [1.165, 1.54) is 0 Å². The largest absolute Gasteiger partial charge is 0.376 e. The van der Waals surface area contributed by atoms with Crippen molar-refractivity contribution in [3.63, 3.8) is 0 Å². The average molecular weight is 142 g/mol. The summed E-state index contributed by atoms with van der Waals surface area (Å²) in [5.41, 5.74) is 0. The average Bonchev–Trinajstić information content (AvgIpc) is 1.85. The van der Waals surface area contributed by atoms with E-state index in [0.29, 0.717) is 0 Å².